The molecule has 1 aliphatic heterocycles. The number of piperidine rings is 1. The predicted molar refractivity (Wildman–Crippen MR) is 121 cm³/mol. The van der Waals surface area contributed by atoms with Crippen LogP contribution in [0.15, 0.2) is 52.3 Å². The van der Waals surface area contributed by atoms with Gasteiger partial charge in [-0.3, -0.25) is 14.3 Å². The molecule has 0 bridgehead atoms. The van der Waals surface area contributed by atoms with E-state index in [0.717, 1.165) is 23.8 Å². The average Bonchev–Trinajstić information content (AvgIpc) is 3.02. The normalized spacial score (nSPS) is 14.4. The van der Waals surface area contributed by atoms with Gasteiger partial charge in [-0.25, -0.2) is 9.36 Å². The van der Waals surface area contributed by atoms with Gasteiger partial charge in [0.2, 0.25) is 5.88 Å². The summed E-state index contributed by atoms with van der Waals surface area (Å²) in [6.07, 6.45) is 4.54. The summed E-state index contributed by atoms with van der Waals surface area (Å²) in [5.41, 5.74) is -3.47. The molecule has 1 N–H and O–H groups in total. The van der Waals surface area contributed by atoms with Crippen LogP contribution in [0.2, 0.25) is 0 Å². The number of nitrogens with zero attached hydrogens (tertiary/aromatic N) is 4. The van der Waals surface area contributed by atoms with E-state index >= 15 is 0 Å². The monoisotopic (exact) mass is 492 g/mol. The lowest BCUT2D eigenvalue weighted by atomic mass is 10.1. The van der Waals surface area contributed by atoms with Gasteiger partial charge in [0, 0.05) is 24.2 Å². The van der Waals surface area contributed by atoms with Gasteiger partial charge in [0.05, 0.1) is 17.9 Å². The van der Waals surface area contributed by atoms with Gasteiger partial charge < -0.3 is 10.0 Å². The third-order valence-electron chi connectivity index (χ3n) is 5.72. The van der Waals surface area contributed by atoms with Crippen molar-refractivity contribution < 1.29 is 23.1 Å². The molecule has 1 amide bonds. The number of amides is 1. The predicted octanol–water partition coefficient (Wildman–Crippen LogP) is 4.33. The second-order valence-electron chi connectivity index (χ2n) is 8.06. The first-order valence-corrected chi connectivity index (χ1v) is 11.6. The van der Waals surface area contributed by atoms with Gasteiger partial charge in [0.1, 0.15) is 5.69 Å². The molecule has 2 aromatic heterocycles. The first kappa shape index (κ1) is 23.9. The molecule has 1 aliphatic rings. The molecule has 0 saturated carbocycles. The maximum absolute atomic E-state index is 13.1. The zero-order valence-electron chi connectivity index (χ0n) is 18.4. The van der Waals surface area contributed by atoms with Crippen LogP contribution in [0, 0.1) is 6.92 Å². The van der Waals surface area contributed by atoms with E-state index in [-0.39, 0.29) is 40.7 Å². The molecule has 3 heterocycles. The quantitative estimate of drug-likeness (QED) is 0.536. The van der Waals surface area contributed by atoms with Crippen molar-refractivity contribution in [1.82, 2.24) is 19.0 Å². The summed E-state index contributed by atoms with van der Waals surface area (Å²) in [6, 6.07) is 8.51. The Balaban J connectivity index is 1.59. The standard InChI is InChI=1S/C23H23F3N4O3S/c1-15-20(31)30(17-5-7-18(8-6-17)34-23(24,25)26)22(33)29(15)14-16-9-10-27-19(13-16)21(32)28-11-3-2-4-12-28/h5-10,13,31H,2-4,11-12,14H2,1H3. The number of aromatic hydroxyl groups is 1. The van der Waals surface area contributed by atoms with E-state index in [0.29, 0.717) is 30.0 Å². The van der Waals surface area contributed by atoms with E-state index in [1.165, 1.54) is 35.0 Å². The Labute approximate surface area is 197 Å². The van der Waals surface area contributed by atoms with Crippen LogP contribution in [-0.2, 0) is 6.54 Å². The van der Waals surface area contributed by atoms with Crippen LogP contribution in [0.3, 0.4) is 0 Å². The molecule has 0 atom stereocenters. The molecule has 11 heteroatoms. The molecule has 0 radical (unpaired) electrons. The number of aromatic nitrogens is 3. The Bertz CT molecular complexity index is 1250. The van der Waals surface area contributed by atoms with E-state index in [1.807, 2.05) is 0 Å². The number of benzene rings is 1. The summed E-state index contributed by atoms with van der Waals surface area (Å²) in [4.78, 5) is 31.8. The van der Waals surface area contributed by atoms with Crippen LogP contribution < -0.4 is 5.69 Å². The SMILES string of the molecule is Cc1c(O)n(-c2ccc(SC(F)(F)F)cc2)c(=O)n1Cc1ccnc(C(=O)N2CCCCC2)c1. The fraction of sp³-hybridized carbons (Fsp3) is 0.348. The van der Waals surface area contributed by atoms with Crippen LogP contribution in [0.5, 0.6) is 5.88 Å². The van der Waals surface area contributed by atoms with Crippen LogP contribution in [0.4, 0.5) is 13.2 Å². The third kappa shape index (κ3) is 5.14. The van der Waals surface area contributed by atoms with Gasteiger partial charge in [-0.05, 0) is 79.9 Å². The average molecular weight is 493 g/mol. The van der Waals surface area contributed by atoms with Gasteiger partial charge in [-0.2, -0.15) is 13.2 Å². The number of alkyl halides is 3. The molecule has 4 rings (SSSR count). The Hall–Kier alpha value is -3.21. The number of carbonyl (C=O) groups excluding carboxylic acids is 1. The van der Waals surface area contributed by atoms with Gasteiger partial charge >= 0.3 is 11.2 Å². The molecule has 7 nitrogen and oxygen atoms in total. The van der Waals surface area contributed by atoms with Gasteiger partial charge in [-0.1, -0.05) is 0 Å². The van der Waals surface area contributed by atoms with Gasteiger partial charge in [-0.15, -0.1) is 0 Å². The molecule has 1 saturated heterocycles. The summed E-state index contributed by atoms with van der Waals surface area (Å²) in [6.45, 7) is 3.05. The van der Waals surface area contributed by atoms with Crippen molar-refractivity contribution in [2.75, 3.05) is 13.1 Å². The van der Waals surface area contributed by atoms with Crippen LogP contribution >= 0.6 is 11.8 Å². The highest BCUT2D eigenvalue weighted by Gasteiger charge is 2.29. The minimum atomic E-state index is -4.42. The third-order valence-corrected chi connectivity index (χ3v) is 6.46. The summed E-state index contributed by atoms with van der Waals surface area (Å²) in [7, 11) is 0. The topological polar surface area (TPSA) is 80.4 Å². The molecule has 1 aromatic carbocycles. The van der Waals surface area contributed by atoms with E-state index in [9.17, 15) is 27.9 Å². The smallest absolute Gasteiger partial charge is 0.446 e. The number of rotatable bonds is 5. The number of halogens is 3. The summed E-state index contributed by atoms with van der Waals surface area (Å²) < 4.78 is 40.1. The van der Waals surface area contributed by atoms with Crippen LogP contribution in [-0.4, -0.2) is 48.6 Å². The summed E-state index contributed by atoms with van der Waals surface area (Å²) in [5.74, 6) is -0.456. The number of likely N-dealkylation sites (tertiary alicyclic amines) is 1. The van der Waals surface area contributed by atoms with E-state index in [2.05, 4.69) is 4.98 Å². The zero-order valence-corrected chi connectivity index (χ0v) is 19.2. The van der Waals surface area contributed by atoms with Gasteiger partial charge in [0.25, 0.3) is 5.91 Å². The lowest BCUT2D eigenvalue weighted by molar-refractivity contribution is -0.0328. The largest absolute Gasteiger partial charge is 0.493 e. The summed E-state index contributed by atoms with van der Waals surface area (Å²) >= 11 is -0.255. The zero-order chi connectivity index (χ0) is 24.5. The molecular weight excluding hydrogens is 469 g/mol. The second kappa shape index (κ2) is 9.57. The number of carbonyl (C=O) groups is 1. The van der Waals surface area contributed by atoms with Crippen molar-refractivity contribution in [1.29, 1.82) is 0 Å². The van der Waals surface area contributed by atoms with Crippen molar-refractivity contribution in [2.45, 2.75) is 43.1 Å². The molecule has 1 fully saturated rings. The number of pyridine rings is 1. The van der Waals surface area contributed by atoms with E-state index < -0.39 is 11.2 Å². The molecule has 0 unspecified atom stereocenters. The Morgan fingerprint density at radius 1 is 1.12 bits per heavy atom. The lowest BCUT2D eigenvalue weighted by Gasteiger charge is -2.26. The molecule has 34 heavy (non-hydrogen) atoms. The minimum Gasteiger partial charge on any atom is -0.493 e. The van der Waals surface area contributed by atoms with E-state index in [1.54, 1.807) is 24.0 Å². The highest BCUT2D eigenvalue weighted by molar-refractivity contribution is 8.00. The number of thioether (sulfide) groups is 1. The maximum atomic E-state index is 13.1. The Kier molecular flexibility index (Phi) is 6.74. The number of hydrogen-bond acceptors (Lipinski definition) is 5. The maximum Gasteiger partial charge on any atom is 0.446 e. The Morgan fingerprint density at radius 2 is 1.79 bits per heavy atom. The van der Waals surface area contributed by atoms with E-state index in [4.69, 9.17) is 0 Å². The highest BCUT2D eigenvalue weighted by Crippen LogP contribution is 2.37. The Morgan fingerprint density at radius 3 is 2.44 bits per heavy atom. The molecule has 0 aliphatic carbocycles. The summed E-state index contributed by atoms with van der Waals surface area (Å²) in [5, 5.41) is 10.6. The van der Waals surface area contributed by atoms with Crippen molar-refractivity contribution in [2.24, 2.45) is 0 Å². The van der Waals surface area contributed by atoms with Crippen LogP contribution in [0.1, 0.15) is 41.0 Å². The first-order valence-electron chi connectivity index (χ1n) is 10.8. The second-order valence-corrected chi connectivity index (χ2v) is 9.20. The van der Waals surface area contributed by atoms with Crippen molar-refractivity contribution in [3.8, 4) is 11.6 Å². The van der Waals surface area contributed by atoms with Crippen molar-refractivity contribution in [3.63, 3.8) is 0 Å². The molecule has 0 spiro atoms. The highest BCUT2D eigenvalue weighted by atomic mass is 32.2. The van der Waals surface area contributed by atoms with Gasteiger partial charge in [0.15, 0.2) is 0 Å². The first-order chi connectivity index (χ1) is 16.1. The fourth-order valence-corrected chi connectivity index (χ4v) is 4.52. The number of hydrogen-bond donors (Lipinski definition) is 1. The molecule has 180 valence electrons. The minimum absolute atomic E-state index is 0.0253. The van der Waals surface area contributed by atoms with Crippen molar-refractivity contribution in [3.05, 3.63) is 70.0 Å². The fourth-order valence-electron chi connectivity index (χ4n) is 3.98. The van der Waals surface area contributed by atoms with Crippen LogP contribution in [0.25, 0.3) is 5.69 Å². The molecular formula is C23H23F3N4O3S. The number of imidazole rings is 1. The molecule has 3 aromatic rings. The van der Waals surface area contributed by atoms with Crippen molar-refractivity contribution >= 4 is 17.7 Å². The lowest BCUT2D eigenvalue weighted by Crippen LogP contribution is -2.36.